The average molecular weight is 401 g/mol. The fourth-order valence-corrected chi connectivity index (χ4v) is 2.38. The molecule has 1 aromatic carbocycles. The van der Waals surface area contributed by atoms with Gasteiger partial charge >= 0.3 is 0 Å². The highest BCUT2D eigenvalue weighted by Crippen LogP contribution is 2.35. The monoisotopic (exact) mass is 398 g/mol. The van der Waals surface area contributed by atoms with Gasteiger partial charge in [-0.25, -0.2) is 0 Å². The third-order valence-corrected chi connectivity index (χ3v) is 4.48. The van der Waals surface area contributed by atoms with Crippen molar-refractivity contribution in [2.45, 2.75) is 6.10 Å². The standard InChI is InChI=1S/C11H6Br2Cl2O2/c12-7-4-9(17-11(7)13)10(16)6-3-5(14)1-2-8(6)15/h1-4,10,16H. The highest BCUT2D eigenvalue weighted by atomic mass is 79.9. The lowest BCUT2D eigenvalue weighted by atomic mass is 10.1. The molecule has 0 saturated carbocycles. The van der Waals surface area contributed by atoms with E-state index < -0.39 is 6.10 Å². The first kappa shape index (κ1) is 13.4. The normalized spacial score (nSPS) is 12.8. The number of aliphatic hydroxyl groups is 1. The Bertz CT molecular complexity index is 535. The van der Waals surface area contributed by atoms with Crippen LogP contribution in [0, 0.1) is 0 Å². The van der Waals surface area contributed by atoms with Gasteiger partial charge in [0.25, 0.3) is 0 Å². The van der Waals surface area contributed by atoms with Crippen LogP contribution in [0.2, 0.25) is 10.0 Å². The minimum Gasteiger partial charge on any atom is -0.450 e. The summed E-state index contributed by atoms with van der Waals surface area (Å²) < 4.78 is 6.59. The van der Waals surface area contributed by atoms with Gasteiger partial charge in [0.15, 0.2) is 4.67 Å². The van der Waals surface area contributed by atoms with Gasteiger partial charge < -0.3 is 9.52 Å². The highest BCUT2D eigenvalue weighted by molar-refractivity contribution is 9.13. The Labute approximate surface area is 125 Å². The lowest BCUT2D eigenvalue weighted by Gasteiger charge is -2.10. The van der Waals surface area contributed by atoms with E-state index in [1.807, 2.05) is 0 Å². The summed E-state index contributed by atoms with van der Waals surface area (Å²) >= 11 is 18.4. The predicted octanol–water partition coefficient (Wildman–Crippen LogP) is 5.19. The molecule has 0 aliphatic heterocycles. The maximum Gasteiger partial charge on any atom is 0.183 e. The van der Waals surface area contributed by atoms with E-state index in [4.69, 9.17) is 27.6 Å². The molecule has 0 fully saturated rings. The molecule has 0 aliphatic rings. The van der Waals surface area contributed by atoms with Crippen molar-refractivity contribution in [3.05, 3.63) is 54.8 Å². The van der Waals surface area contributed by atoms with Crippen molar-refractivity contribution in [2.24, 2.45) is 0 Å². The molecular formula is C11H6Br2Cl2O2. The third kappa shape index (κ3) is 2.88. The van der Waals surface area contributed by atoms with E-state index in [1.165, 1.54) is 0 Å². The van der Waals surface area contributed by atoms with Crippen LogP contribution in [-0.4, -0.2) is 5.11 Å². The first-order valence-corrected chi connectivity index (χ1v) is 6.91. The maximum absolute atomic E-state index is 10.2. The molecule has 2 aromatic rings. The molecule has 0 radical (unpaired) electrons. The minimum atomic E-state index is -0.955. The van der Waals surface area contributed by atoms with Gasteiger partial charge in [-0.15, -0.1) is 0 Å². The molecule has 1 unspecified atom stereocenters. The maximum atomic E-state index is 10.2. The topological polar surface area (TPSA) is 33.4 Å². The molecule has 2 rings (SSSR count). The fraction of sp³-hybridized carbons (Fsp3) is 0.0909. The Morgan fingerprint density at radius 2 is 1.88 bits per heavy atom. The number of rotatable bonds is 2. The SMILES string of the molecule is OC(c1cc(Br)c(Br)o1)c1cc(Cl)ccc1Cl. The van der Waals surface area contributed by atoms with E-state index in [1.54, 1.807) is 24.3 Å². The van der Waals surface area contributed by atoms with Crippen molar-refractivity contribution in [2.75, 3.05) is 0 Å². The zero-order valence-electron chi connectivity index (χ0n) is 8.25. The van der Waals surface area contributed by atoms with Crippen LogP contribution < -0.4 is 0 Å². The lowest BCUT2D eigenvalue weighted by molar-refractivity contribution is 0.187. The number of hydrogen-bond acceptors (Lipinski definition) is 2. The highest BCUT2D eigenvalue weighted by Gasteiger charge is 2.19. The molecule has 0 bridgehead atoms. The predicted molar refractivity (Wildman–Crippen MR) is 74.6 cm³/mol. The van der Waals surface area contributed by atoms with Crippen molar-refractivity contribution in [3.8, 4) is 0 Å². The second-order valence-corrected chi connectivity index (χ2v) is 5.76. The number of benzene rings is 1. The molecule has 0 amide bonds. The summed E-state index contributed by atoms with van der Waals surface area (Å²) in [7, 11) is 0. The molecule has 0 spiro atoms. The van der Waals surface area contributed by atoms with E-state index >= 15 is 0 Å². The molecule has 90 valence electrons. The summed E-state index contributed by atoms with van der Waals surface area (Å²) in [5.41, 5.74) is 0.507. The van der Waals surface area contributed by atoms with Crippen molar-refractivity contribution < 1.29 is 9.52 Å². The zero-order chi connectivity index (χ0) is 12.6. The van der Waals surface area contributed by atoms with Gasteiger partial charge in [-0.05, 0) is 56.1 Å². The minimum absolute atomic E-state index is 0.382. The van der Waals surface area contributed by atoms with Gasteiger partial charge in [0.2, 0.25) is 0 Å². The van der Waals surface area contributed by atoms with Gasteiger partial charge in [-0.1, -0.05) is 23.2 Å². The van der Waals surface area contributed by atoms with Crippen LogP contribution in [0.3, 0.4) is 0 Å². The number of furan rings is 1. The molecule has 17 heavy (non-hydrogen) atoms. The average Bonchev–Trinajstić information content (AvgIpc) is 2.62. The van der Waals surface area contributed by atoms with Crippen molar-refractivity contribution >= 4 is 55.1 Å². The quantitative estimate of drug-likeness (QED) is 0.752. The third-order valence-electron chi connectivity index (χ3n) is 2.19. The van der Waals surface area contributed by atoms with E-state index in [9.17, 15) is 5.11 Å². The summed E-state index contributed by atoms with van der Waals surface area (Å²) in [5, 5.41) is 11.1. The van der Waals surface area contributed by atoms with Gasteiger partial charge in [0, 0.05) is 15.6 Å². The van der Waals surface area contributed by atoms with Crippen LogP contribution >= 0.6 is 55.1 Å². The van der Waals surface area contributed by atoms with E-state index in [2.05, 4.69) is 31.9 Å². The Morgan fingerprint density at radius 3 is 2.47 bits per heavy atom. The lowest BCUT2D eigenvalue weighted by Crippen LogP contribution is -1.98. The van der Waals surface area contributed by atoms with E-state index in [-0.39, 0.29) is 0 Å². The number of hydrogen-bond donors (Lipinski definition) is 1. The van der Waals surface area contributed by atoms with Crippen LogP contribution in [-0.2, 0) is 0 Å². The summed E-state index contributed by atoms with van der Waals surface area (Å²) in [6.07, 6.45) is -0.955. The van der Waals surface area contributed by atoms with Crippen LogP contribution in [0.15, 0.2) is 37.8 Å². The second kappa shape index (κ2) is 5.33. The van der Waals surface area contributed by atoms with Crippen LogP contribution in [0.4, 0.5) is 0 Å². The van der Waals surface area contributed by atoms with E-state index in [0.29, 0.717) is 26.0 Å². The molecule has 6 heteroatoms. The van der Waals surface area contributed by atoms with Crippen LogP contribution in [0.5, 0.6) is 0 Å². The molecule has 1 heterocycles. The fourth-order valence-electron chi connectivity index (χ4n) is 1.38. The Kier molecular flexibility index (Phi) is 4.21. The molecule has 0 aliphatic carbocycles. The molecule has 1 N–H and O–H groups in total. The van der Waals surface area contributed by atoms with Gasteiger partial charge in [0.05, 0.1) is 4.47 Å². The molecule has 2 nitrogen and oxygen atoms in total. The molecular weight excluding hydrogens is 395 g/mol. The summed E-state index contributed by atoms with van der Waals surface area (Å²) in [4.78, 5) is 0. The van der Waals surface area contributed by atoms with E-state index in [0.717, 1.165) is 4.47 Å². The first-order valence-electron chi connectivity index (χ1n) is 4.57. The molecule has 1 aromatic heterocycles. The van der Waals surface area contributed by atoms with Crippen LogP contribution in [0.25, 0.3) is 0 Å². The largest absolute Gasteiger partial charge is 0.450 e. The molecule has 1 atom stereocenters. The van der Waals surface area contributed by atoms with Crippen molar-refractivity contribution in [3.63, 3.8) is 0 Å². The second-order valence-electron chi connectivity index (χ2n) is 3.34. The summed E-state index contributed by atoms with van der Waals surface area (Å²) in [5.74, 6) is 0.382. The van der Waals surface area contributed by atoms with Crippen molar-refractivity contribution in [1.29, 1.82) is 0 Å². The van der Waals surface area contributed by atoms with Crippen molar-refractivity contribution in [1.82, 2.24) is 0 Å². The summed E-state index contributed by atoms with van der Waals surface area (Å²) in [6.45, 7) is 0. The van der Waals surface area contributed by atoms with Crippen LogP contribution in [0.1, 0.15) is 17.4 Å². The van der Waals surface area contributed by atoms with Gasteiger partial charge in [0.1, 0.15) is 11.9 Å². The summed E-state index contributed by atoms with van der Waals surface area (Å²) in [6, 6.07) is 6.58. The molecule has 0 saturated heterocycles. The Morgan fingerprint density at radius 1 is 1.18 bits per heavy atom. The number of halogens is 4. The smallest absolute Gasteiger partial charge is 0.183 e. The zero-order valence-corrected chi connectivity index (χ0v) is 12.9. The van der Waals surface area contributed by atoms with Gasteiger partial charge in [-0.3, -0.25) is 0 Å². The first-order chi connectivity index (χ1) is 7.99. The number of aliphatic hydroxyl groups excluding tert-OH is 1. The van der Waals surface area contributed by atoms with Gasteiger partial charge in [-0.2, -0.15) is 0 Å². The Hall–Kier alpha value is -0.000000000000000167. The Balaban J connectivity index is 2.42.